The first-order chi connectivity index (χ1) is 9.82. The molecule has 21 heavy (non-hydrogen) atoms. The Labute approximate surface area is 135 Å². The lowest BCUT2D eigenvalue weighted by Gasteiger charge is -2.19. The topological polar surface area (TPSA) is 108 Å². The molecule has 0 spiro atoms. The van der Waals surface area contributed by atoms with Gasteiger partial charge in [-0.25, -0.2) is 0 Å². The number of rotatable bonds is 12. The molecule has 0 aliphatic heterocycles. The molecule has 0 saturated heterocycles. The molecule has 0 aromatic heterocycles. The van der Waals surface area contributed by atoms with Crippen LogP contribution >= 0.6 is 19.3 Å². The second-order valence-electron chi connectivity index (χ2n) is 4.53. The second-order valence-corrected chi connectivity index (χ2v) is 8.15. The highest BCUT2D eigenvalue weighted by molar-refractivity contribution is 8.07. The molecule has 3 atom stereocenters. The van der Waals surface area contributed by atoms with Crippen LogP contribution in [0.2, 0.25) is 0 Å². The minimum Gasteiger partial charge on any atom is -0.396 e. The van der Waals surface area contributed by atoms with Gasteiger partial charge in [0.15, 0.2) is 6.79 Å². The Morgan fingerprint density at radius 2 is 2.05 bits per heavy atom. The number of nitrogens with one attached hydrogen (secondary N) is 1. The molecule has 0 radical (unpaired) electrons. The van der Waals surface area contributed by atoms with Crippen LogP contribution in [-0.2, 0) is 25.6 Å². The summed E-state index contributed by atoms with van der Waals surface area (Å²) in [7, 11) is 0. The van der Waals surface area contributed by atoms with Crippen LogP contribution in [0.15, 0.2) is 0 Å². The van der Waals surface area contributed by atoms with Crippen LogP contribution < -0.4 is 5.32 Å². The number of carbonyl (C=O) groups is 1. The molecule has 3 unspecified atom stereocenters. The van der Waals surface area contributed by atoms with E-state index in [0.717, 1.165) is 12.8 Å². The van der Waals surface area contributed by atoms with E-state index in [1.165, 1.54) is 0 Å². The molecule has 7 nitrogen and oxygen atoms in total. The standard InChI is InChI=1S/C11H24NO6PS2/c1-9(20)11(15)12-5-3-2-4-10(6-13)7-17-19(16,21)18-8-14/h9-10,13-14,20H,2-8H2,1H3,(H,12,15)(H,16,21). The first-order valence-electron chi connectivity index (χ1n) is 6.61. The number of unbranched alkanes of at least 4 members (excludes halogenated alkanes) is 1. The first-order valence-corrected chi connectivity index (χ1v) is 9.72. The Morgan fingerprint density at radius 3 is 2.57 bits per heavy atom. The van der Waals surface area contributed by atoms with Gasteiger partial charge >= 0.3 is 6.72 Å². The lowest BCUT2D eigenvalue weighted by atomic mass is 10.0. The fraction of sp³-hybridized carbons (Fsp3) is 0.909. The predicted octanol–water partition coefficient (Wildman–Crippen LogP) is 0.399. The molecule has 0 aromatic rings. The Bertz CT molecular complexity index is 345. The van der Waals surface area contributed by atoms with E-state index in [9.17, 15) is 14.8 Å². The number of aliphatic hydroxyl groups excluding tert-OH is 2. The maximum atomic E-state index is 11.3. The van der Waals surface area contributed by atoms with E-state index in [4.69, 9.17) is 9.63 Å². The SMILES string of the molecule is CC(S)C(=O)NCCCCC(CO)COP(O)(=S)OCO. The Balaban J connectivity index is 3.81. The highest BCUT2D eigenvalue weighted by atomic mass is 32.5. The summed E-state index contributed by atoms with van der Waals surface area (Å²) >= 11 is 8.66. The van der Waals surface area contributed by atoms with Crippen molar-refractivity contribution in [3.05, 3.63) is 0 Å². The van der Waals surface area contributed by atoms with Crippen molar-refractivity contribution < 1.29 is 28.9 Å². The second kappa shape index (κ2) is 11.8. The molecule has 0 aromatic carbocycles. The van der Waals surface area contributed by atoms with Crippen LogP contribution in [0.3, 0.4) is 0 Å². The highest BCUT2D eigenvalue weighted by Crippen LogP contribution is 2.43. The van der Waals surface area contributed by atoms with Crippen LogP contribution in [-0.4, -0.2) is 52.8 Å². The molecule has 0 aliphatic rings. The van der Waals surface area contributed by atoms with E-state index in [1.54, 1.807) is 6.92 Å². The van der Waals surface area contributed by atoms with Gasteiger partial charge in [0.1, 0.15) is 0 Å². The Morgan fingerprint density at radius 1 is 1.38 bits per heavy atom. The molecule has 1 amide bonds. The molecule has 0 aliphatic carbocycles. The maximum Gasteiger partial charge on any atom is 0.326 e. The zero-order valence-corrected chi connectivity index (χ0v) is 14.6. The summed E-state index contributed by atoms with van der Waals surface area (Å²) in [5.41, 5.74) is 0. The smallest absolute Gasteiger partial charge is 0.326 e. The van der Waals surface area contributed by atoms with Gasteiger partial charge in [0.05, 0.1) is 11.9 Å². The number of carbonyl (C=O) groups excluding carboxylic acids is 1. The minimum absolute atomic E-state index is 0.0598. The summed E-state index contributed by atoms with van der Waals surface area (Å²) in [5, 5.41) is 20.1. The molecule has 4 N–H and O–H groups in total. The number of amides is 1. The zero-order chi connectivity index (χ0) is 16.3. The van der Waals surface area contributed by atoms with Gasteiger partial charge in [-0.1, -0.05) is 6.42 Å². The summed E-state index contributed by atoms with van der Waals surface area (Å²) in [6.07, 6.45) is 2.21. The van der Waals surface area contributed by atoms with E-state index in [-0.39, 0.29) is 30.3 Å². The van der Waals surface area contributed by atoms with Gasteiger partial charge < -0.3 is 24.9 Å². The zero-order valence-electron chi connectivity index (χ0n) is 12.0. The van der Waals surface area contributed by atoms with Crippen molar-refractivity contribution >= 4 is 37.1 Å². The van der Waals surface area contributed by atoms with Gasteiger partial charge in [-0.3, -0.25) is 9.32 Å². The summed E-state index contributed by atoms with van der Waals surface area (Å²) in [5.74, 6) is -0.288. The molecule has 0 fully saturated rings. The molecule has 0 rings (SSSR count). The third-order valence-electron chi connectivity index (χ3n) is 2.67. The molecule has 0 bridgehead atoms. The van der Waals surface area contributed by atoms with E-state index in [0.29, 0.717) is 13.0 Å². The Hall–Kier alpha value is 0.270. The lowest BCUT2D eigenvalue weighted by molar-refractivity contribution is -0.120. The molecular formula is C11H24NO6PS2. The predicted molar refractivity (Wildman–Crippen MR) is 86.5 cm³/mol. The van der Waals surface area contributed by atoms with Crippen LogP contribution in [0, 0.1) is 5.92 Å². The van der Waals surface area contributed by atoms with Crippen molar-refractivity contribution in [1.82, 2.24) is 5.32 Å². The maximum absolute atomic E-state index is 11.3. The number of hydrogen-bond donors (Lipinski definition) is 5. The first kappa shape index (κ1) is 21.3. The molecule has 0 heterocycles. The van der Waals surface area contributed by atoms with Crippen molar-refractivity contribution in [3.63, 3.8) is 0 Å². The van der Waals surface area contributed by atoms with Gasteiger partial charge in [-0.2, -0.15) is 12.6 Å². The van der Waals surface area contributed by atoms with Crippen molar-refractivity contribution in [2.75, 3.05) is 26.6 Å². The molecular weight excluding hydrogens is 337 g/mol. The quantitative estimate of drug-likeness (QED) is 0.148. The normalized spacial score (nSPS) is 17.0. The van der Waals surface area contributed by atoms with Gasteiger partial charge in [0.25, 0.3) is 0 Å². The molecule has 10 heteroatoms. The molecule has 0 saturated carbocycles. The fourth-order valence-corrected chi connectivity index (χ4v) is 2.49. The van der Waals surface area contributed by atoms with E-state index in [2.05, 4.69) is 34.3 Å². The third kappa shape index (κ3) is 11.5. The fourth-order valence-electron chi connectivity index (χ4n) is 1.45. The van der Waals surface area contributed by atoms with Crippen LogP contribution in [0.25, 0.3) is 0 Å². The monoisotopic (exact) mass is 361 g/mol. The van der Waals surface area contributed by atoms with Gasteiger partial charge in [0, 0.05) is 19.1 Å². The average molecular weight is 361 g/mol. The number of hydrogen-bond acceptors (Lipinski definition) is 7. The summed E-state index contributed by atoms with van der Waals surface area (Å²) in [6, 6.07) is 0. The number of thiol groups is 1. The van der Waals surface area contributed by atoms with Crippen molar-refractivity contribution in [1.29, 1.82) is 0 Å². The average Bonchev–Trinajstić information content (AvgIpc) is 2.41. The summed E-state index contributed by atoms with van der Waals surface area (Å²) in [6.45, 7) is -1.92. The van der Waals surface area contributed by atoms with E-state index < -0.39 is 13.5 Å². The number of aliphatic hydroxyl groups is 2. The van der Waals surface area contributed by atoms with Crippen LogP contribution in [0.1, 0.15) is 26.2 Å². The van der Waals surface area contributed by atoms with Crippen molar-refractivity contribution in [2.24, 2.45) is 5.92 Å². The van der Waals surface area contributed by atoms with E-state index in [1.807, 2.05) is 0 Å². The summed E-state index contributed by atoms with van der Waals surface area (Å²) < 4.78 is 9.50. The largest absolute Gasteiger partial charge is 0.396 e. The Kier molecular flexibility index (Phi) is 11.9. The highest BCUT2D eigenvalue weighted by Gasteiger charge is 2.18. The molecule has 126 valence electrons. The minimum atomic E-state index is -3.42. The van der Waals surface area contributed by atoms with Gasteiger partial charge in [-0.15, -0.1) is 0 Å². The lowest BCUT2D eigenvalue weighted by Crippen LogP contribution is -2.30. The van der Waals surface area contributed by atoms with Crippen molar-refractivity contribution in [2.45, 2.75) is 31.4 Å². The van der Waals surface area contributed by atoms with E-state index >= 15 is 0 Å². The third-order valence-corrected chi connectivity index (χ3v) is 4.45. The van der Waals surface area contributed by atoms with Gasteiger partial charge in [0.2, 0.25) is 5.91 Å². The van der Waals surface area contributed by atoms with Crippen molar-refractivity contribution in [3.8, 4) is 0 Å². The van der Waals surface area contributed by atoms with Crippen LogP contribution in [0.5, 0.6) is 0 Å². The van der Waals surface area contributed by atoms with Crippen LogP contribution in [0.4, 0.5) is 0 Å². The summed E-state index contributed by atoms with van der Waals surface area (Å²) in [4.78, 5) is 20.7. The van der Waals surface area contributed by atoms with Gasteiger partial charge in [-0.05, 0) is 31.6 Å².